The van der Waals surface area contributed by atoms with Gasteiger partial charge in [0.15, 0.2) is 0 Å². The average Bonchev–Trinajstić information content (AvgIpc) is 2.68. The molecule has 0 aliphatic rings. The summed E-state index contributed by atoms with van der Waals surface area (Å²) in [5, 5.41) is 3.33. The van der Waals surface area contributed by atoms with Crippen LogP contribution in [0.1, 0.15) is 18.9 Å². The van der Waals surface area contributed by atoms with Gasteiger partial charge in [0.2, 0.25) is 5.91 Å². The smallest absolute Gasteiger partial charge is 0.317 e. The second kappa shape index (κ2) is 8.22. The number of para-hydroxylation sites is 2. The Morgan fingerprint density at radius 1 is 0.963 bits per heavy atom. The van der Waals surface area contributed by atoms with Gasteiger partial charge in [0.1, 0.15) is 6.54 Å². The summed E-state index contributed by atoms with van der Waals surface area (Å²) in [7, 11) is 0. The van der Waals surface area contributed by atoms with E-state index in [1.54, 1.807) is 36.4 Å². The third-order valence-corrected chi connectivity index (χ3v) is 4.52. The third kappa shape index (κ3) is 4.11. The van der Waals surface area contributed by atoms with Crippen molar-refractivity contribution < 1.29 is 4.79 Å². The van der Waals surface area contributed by atoms with Crippen LogP contribution in [0.2, 0.25) is 5.02 Å². The van der Waals surface area contributed by atoms with Crippen LogP contribution in [0.4, 0.5) is 0 Å². The zero-order valence-corrected chi connectivity index (χ0v) is 15.7. The zero-order chi connectivity index (χ0) is 19.4. The maximum absolute atomic E-state index is 12.7. The fourth-order valence-corrected chi connectivity index (χ4v) is 3.05. The molecule has 0 radical (unpaired) electrons. The van der Waals surface area contributed by atoms with Crippen molar-refractivity contribution >= 4 is 28.5 Å². The van der Waals surface area contributed by atoms with Gasteiger partial charge in [-0.3, -0.25) is 23.5 Å². The quantitative estimate of drug-likeness (QED) is 0.662. The van der Waals surface area contributed by atoms with Gasteiger partial charge < -0.3 is 5.32 Å². The van der Waals surface area contributed by atoms with E-state index in [0.29, 0.717) is 22.6 Å². The summed E-state index contributed by atoms with van der Waals surface area (Å²) in [6.07, 6.45) is 0.796. The predicted octanol–water partition coefficient (Wildman–Crippen LogP) is 2.39. The number of carbonyl (C=O) groups excluding carboxylic acids is 1. The highest BCUT2D eigenvalue weighted by atomic mass is 35.5. The molecule has 2 aromatic carbocycles. The van der Waals surface area contributed by atoms with Crippen molar-refractivity contribution in [2.24, 2.45) is 0 Å². The van der Waals surface area contributed by atoms with Crippen LogP contribution in [0.15, 0.2) is 58.1 Å². The summed E-state index contributed by atoms with van der Waals surface area (Å²) < 4.78 is 2.67. The Morgan fingerprint density at radius 2 is 1.56 bits per heavy atom. The van der Waals surface area contributed by atoms with Crippen molar-refractivity contribution in [3.63, 3.8) is 0 Å². The van der Waals surface area contributed by atoms with Gasteiger partial charge in [-0.2, -0.15) is 0 Å². The Kier molecular flexibility index (Phi) is 5.76. The summed E-state index contributed by atoms with van der Waals surface area (Å²) in [6, 6.07) is 14.2. The lowest BCUT2D eigenvalue weighted by Gasteiger charge is -2.15. The van der Waals surface area contributed by atoms with Crippen LogP contribution < -0.4 is 16.4 Å². The van der Waals surface area contributed by atoms with Gasteiger partial charge in [-0.25, -0.2) is 0 Å². The third-order valence-electron chi connectivity index (χ3n) is 4.26. The van der Waals surface area contributed by atoms with E-state index in [0.717, 1.165) is 12.0 Å². The standard InChI is InChI=1S/C20H20ClN3O3/c1-2-11-22-18(25)13-24-17-6-4-3-5-16(17)23(19(26)20(24)27)12-14-7-9-15(21)10-8-14/h3-10H,2,11-13H2,1H3,(H,22,25). The summed E-state index contributed by atoms with van der Waals surface area (Å²) >= 11 is 5.91. The Labute approximate surface area is 161 Å². The van der Waals surface area contributed by atoms with E-state index in [-0.39, 0.29) is 19.0 Å². The first-order chi connectivity index (χ1) is 13.0. The molecule has 1 N–H and O–H groups in total. The molecule has 0 spiro atoms. The molecule has 0 atom stereocenters. The number of fused-ring (bicyclic) bond motifs is 1. The lowest BCUT2D eigenvalue weighted by atomic mass is 10.2. The molecular weight excluding hydrogens is 366 g/mol. The fourth-order valence-electron chi connectivity index (χ4n) is 2.92. The second-order valence-corrected chi connectivity index (χ2v) is 6.68. The number of halogens is 1. The predicted molar refractivity (Wildman–Crippen MR) is 106 cm³/mol. The van der Waals surface area contributed by atoms with Gasteiger partial charge in [0.05, 0.1) is 17.6 Å². The lowest BCUT2D eigenvalue weighted by molar-refractivity contribution is -0.121. The minimum Gasteiger partial charge on any atom is -0.355 e. The summed E-state index contributed by atoms with van der Waals surface area (Å²) in [5.41, 5.74) is 0.619. The van der Waals surface area contributed by atoms with Crippen LogP contribution in [0.3, 0.4) is 0 Å². The first-order valence-corrected chi connectivity index (χ1v) is 9.12. The number of hydrogen-bond acceptors (Lipinski definition) is 3. The van der Waals surface area contributed by atoms with Crippen molar-refractivity contribution in [3.05, 3.63) is 79.8 Å². The summed E-state index contributed by atoms with van der Waals surface area (Å²) in [4.78, 5) is 37.5. The maximum Gasteiger partial charge on any atom is 0.317 e. The average molecular weight is 386 g/mol. The molecule has 0 bridgehead atoms. The highest BCUT2D eigenvalue weighted by Gasteiger charge is 2.15. The number of benzene rings is 2. The summed E-state index contributed by atoms with van der Waals surface area (Å²) in [6.45, 7) is 2.53. The van der Waals surface area contributed by atoms with E-state index < -0.39 is 11.1 Å². The zero-order valence-electron chi connectivity index (χ0n) is 14.9. The molecule has 140 valence electrons. The molecule has 0 aliphatic heterocycles. The molecule has 6 nitrogen and oxygen atoms in total. The van der Waals surface area contributed by atoms with Crippen molar-refractivity contribution in [3.8, 4) is 0 Å². The van der Waals surface area contributed by atoms with Crippen LogP contribution in [0.5, 0.6) is 0 Å². The van der Waals surface area contributed by atoms with E-state index in [1.165, 1.54) is 9.13 Å². The number of rotatable bonds is 6. The molecule has 3 rings (SSSR count). The number of nitrogens with zero attached hydrogens (tertiary/aromatic N) is 2. The van der Waals surface area contributed by atoms with E-state index in [1.807, 2.05) is 19.1 Å². The van der Waals surface area contributed by atoms with Gasteiger partial charge in [-0.1, -0.05) is 42.8 Å². The molecule has 0 saturated heterocycles. The van der Waals surface area contributed by atoms with Crippen LogP contribution in [0.25, 0.3) is 11.0 Å². The maximum atomic E-state index is 12.7. The number of amides is 1. The van der Waals surface area contributed by atoms with Gasteiger partial charge in [0, 0.05) is 11.6 Å². The monoisotopic (exact) mass is 385 g/mol. The first kappa shape index (κ1) is 18.9. The molecule has 0 fully saturated rings. The van der Waals surface area contributed by atoms with E-state index in [9.17, 15) is 14.4 Å². The minimum atomic E-state index is -0.714. The molecule has 1 amide bonds. The van der Waals surface area contributed by atoms with Crippen LogP contribution in [-0.2, 0) is 17.9 Å². The van der Waals surface area contributed by atoms with Gasteiger partial charge in [-0.05, 0) is 36.2 Å². The molecule has 0 unspecified atom stereocenters. The lowest BCUT2D eigenvalue weighted by Crippen LogP contribution is -2.44. The van der Waals surface area contributed by atoms with E-state index in [4.69, 9.17) is 11.6 Å². The second-order valence-electron chi connectivity index (χ2n) is 6.25. The first-order valence-electron chi connectivity index (χ1n) is 8.74. The SMILES string of the molecule is CCCNC(=O)Cn1c(=O)c(=O)n(Cc2ccc(Cl)cc2)c2ccccc21. The van der Waals surface area contributed by atoms with E-state index in [2.05, 4.69) is 5.32 Å². The number of hydrogen-bond donors (Lipinski definition) is 1. The molecule has 1 heterocycles. The molecule has 0 aliphatic carbocycles. The Hall–Kier alpha value is -2.86. The Bertz CT molecular complexity index is 1080. The fraction of sp³-hybridized carbons (Fsp3) is 0.250. The highest BCUT2D eigenvalue weighted by Crippen LogP contribution is 2.14. The molecule has 1 aromatic heterocycles. The van der Waals surface area contributed by atoms with E-state index >= 15 is 0 Å². The molecule has 3 aromatic rings. The minimum absolute atomic E-state index is 0.184. The largest absolute Gasteiger partial charge is 0.355 e. The number of nitrogens with one attached hydrogen (secondary N) is 1. The number of carbonyl (C=O) groups is 1. The van der Waals surface area contributed by atoms with Crippen LogP contribution in [-0.4, -0.2) is 21.6 Å². The number of aromatic nitrogens is 2. The van der Waals surface area contributed by atoms with Crippen LogP contribution in [0, 0.1) is 0 Å². The topological polar surface area (TPSA) is 73.1 Å². The van der Waals surface area contributed by atoms with Crippen molar-refractivity contribution in [1.82, 2.24) is 14.5 Å². The molecule has 0 saturated carbocycles. The molecule has 7 heteroatoms. The van der Waals surface area contributed by atoms with Crippen molar-refractivity contribution in [2.75, 3.05) is 6.54 Å². The van der Waals surface area contributed by atoms with Crippen molar-refractivity contribution in [1.29, 1.82) is 0 Å². The Morgan fingerprint density at radius 3 is 2.19 bits per heavy atom. The van der Waals surface area contributed by atoms with Gasteiger partial charge in [0.25, 0.3) is 0 Å². The Balaban J connectivity index is 2.09. The van der Waals surface area contributed by atoms with Crippen LogP contribution >= 0.6 is 11.6 Å². The highest BCUT2D eigenvalue weighted by molar-refractivity contribution is 6.30. The molecular formula is C20H20ClN3O3. The van der Waals surface area contributed by atoms with Gasteiger partial charge in [-0.15, -0.1) is 0 Å². The summed E-state index contributed by atoms with van der Waals surface area (Å²) in [5.74, 6) is -0.293. The molecule has 27 heavy (non-hydrogen) atoms. The van der Waals surface area contributed by atoms with Crippen molar-refractivity contribution in [2.45, 2.75) is 26.4 Å². The normalized spacial score (nSPS) is 10.9. The van der Waals surface area contributed by atoms with Gasteiger partial charge >= 0.3 is 11.1 Å².